The van der Waals surface area contributed by atoms with Gasteiger partial charge in [-0.05, 0) is 40.0 Å². The van der Waals surface area contributed by atoms with Crippen LogP contribution >= 0.6 is 12.4 Å². The highest BCUT2D eigenvalue weighted by Gasteiger charge is 2.37. The Balaban J connectivity index is 0. The first-order valence-corrected chi connectivity index (χ1v) is 5.22. The molecule has 0 amide bonds. The summed E-state index contributed by atoms with van der Waals surface area (Å²) < 4.78 is 5.64. The summed E-state index contributed by atoms with van der Waals surface area (Å²) >= 11 is 0. The van der Waals surface area contributed by atoms with Gasteiger partial charge in [0.1, 0.15) is 6.23 Å². The lowest BCUT2D eigenvalue weighted by Gasteiger charge is -2.39. The normalized spacial score (nSPS) is 15.0. The molecule has 0 aromatic carbocycles. The molecule has 3 N–H and O–H groups in total. The van der Waals surface area contributed by atoms with Crippen molar-refractivity contribution in [1.29, 1.82) is 0 Å². The fourth-order valence-corrected chi connectivity index (χ4v) is 1.04. The monoisotopic (exact) mass is 239 g/mol. The van der Waals surface area contributed by atoms with Crippen LogP contribution in [0.1, 0.15) is 48.0 Å². The van der Waals surface area contributed by atoms with E-state index in [4.69, 9.17) is 10.5 Å². The summed E-state index contributed by atoms with van der Waals surface area (Å²) in [5.74, 6) is 0.502. The van der Waals surface area contributed by atoms with E-state index < -0.39 is 11.2 Å². The minimum absolute atomic E-state index is 0. The second kappa shape index (κ2) is 6.04. The zero-order valence-electron chi connectivity index (χ0n) is 10.7. The van der Waals surface area contributed by atoms with E-state index in [2.05, 4.69) is 13.8 Å². The molecule has 4 heteroatoms. The lowest BCUT2D eigenvalue weighted by Crippen LogP contribution is -2.51. The average Bonchev–Trinajstić information content (AvgIpc) is 1.79. The quantitative estimate of drug-likeness (QED) is 0.724. The SMILES string of the molecule is CC(C)CC(N)OC(C)(C)C(C)(C)O.Cl. The van der Waals surface area contributed by atoms with E-state index in [-0.39, 0.29) is 18.6 Å². The van der Waals surface area contributed by atoms with Crippen LogP contribution in [0.3, 0.4) is 0 Å². The molecule has 0 aromatic heterocycles. The van der Waals surface area contributed by atoms with Gasteiger partial charge in [-0.15, -0.1) is 12.4 Å². The van der Waals surface area contributed by atoms with Crippen molar-refractivity contribution in [2.75, 3.05) is 0 Å². The maximum absolute atomic E-state index is 9.85. The van der Waals surface area contributed by atoms with E-state index in [0.717, 1.165) is 6.42 Å². The van der Waals surface area contributed by atoms with Crippen LogP contribution in [0.4, 0.5) is 0 Å². The van der Waals surface area contributed by atoms with Crippen LogP contribution in [0.5, 0.6) is 0 Å². The molecule has 0 rings (SSSR count). The Morgan fingerprint density at radius 1 is 1.20 bits per heavy atom. The van der Waals surface area contributed by atoms with E-state index in [1.54, 1.807) is 13.8 Å². The van der Waals surface area contributed by atoms with Crippen molar-refractivity contribution in [2.24, 2.45) is 11.7 Å². The topological polar surface area (TPSA) is 55.5 Å². The smallest absolute Gasteiger partial charge is 0.106 e. The van der Waals surface area contributed by atoms with E-state index in [9.17, 15) is 5.11 Å². The van der Waals surface area contributed by atoms with E-state index in [0.29, 0.717) is 5.92 Å². The summed E-state index contributed by atoms with van der Waals surface area (Å²) in [5, 5.41) is 9.85. The third-order valence-corrected chi connectivity index (χ3v) is 2.62. The Bertz CT molecular complexity index is 176. The highest BCUT2D eigenvalue weighted by molar-refractivity contribution is 5.85. The van der Waals surface area contributed by atoms with Gasteiger partial charge < -0.3 is 15.6 Å². The lowest BCUT2D eigenvalue weighted by molar-refractivity contribution is -0.175. The molecule has 0 bridgehead atoms. The molecule has 0 saturated carbocycles. The maximum Gasteiger partial charge on any atom is 0.106 e. The Kier molecular flexibility index (Phi) is 7.07. The van der Waals surface area contributed by atoms with Gasteiger partial charge in [0.25, 0.3) is 0 Å². The summed E-state index contributed by atoms with van der Waals surface area (Å²) in [6.45, 7) is 11.4. The van der Waals surface area contributed by atoms with Gasteiger partial charge in [-0.3, -0.25) is 0 Å². The number of nitrogens with two attached hydrogens (primary N) is 1. The van der Waals surface area contributed by atoms with Crippen molar-refractivity contribution in [3.8, 4) is 0 Å². The fourth-order valence-electron chi connectivity index (χ4n) is 1.04. The van der Waals surface area contributed by atoms with Crippen LogP contribution in [0.2, 0.25) is 0 Å². The zero-order chi connectivity index (χ0) is 11.6. The Morgan fingerprint density at radius 2 is 1.60 bits per heavy atom. The molecule has 0 radical (unpaired) electrons. The van der Waals surface area contributed by atoms with Crippen molar-refractivity contribution in [3.63, 3.8) is 0 Å². The van der Waals surface area contributed by atoms with Crippen LogP contribution in [0, 0.1) is 5.92 Å². The molecule has 1 unspecified atom stereocenters. The van der Waals surface area contributed by atoms with Gasteiger partial charge in [-0.1, -0.05) is 13.8 Å². The van der Waals surface area contributed by atoms with Crippen molar-refractivity contribution in [2.45, 2.75) is 65.4 Å². The average molecular weight is 240 g/mol. The maximum atomic E-state index is 9.85. The molecule has 3 nitrogen and oxygen atoms in total. The van der Waals surface area contributed by atoms with Gasteiger partial charge in [0.05, 0.1) is 11.2 Å². The highest BCUT2D eigenvalue weighted by atomic mass is 35.5. The highest BCUT2D eigenvalue weighted by Crippen LogP contribution is 2.26. The van der Waals surface area contributed by atoms with Crippen LogP contribution < -0.4 is 5.73 Å². The van der Waals surface area contributed by atoms with Gasteiger partial charge in [0, 0.05) is 0 Å². The third kappa shape index (κ3) is 6.36. The number of aliphatic hydroxyl groups is 1. The van der Waals surface area contributed by atoms with Crippen molar-refractivity contribution < 1.29 is 9.84 Å². The van der Waals surface area contributed by atoms with E-state index in [1.165, 1.54) is 0 Å². The molecular formula is C11H26ClNO2. The van der Waals surface area contributed by atoms with Crippen molar-refractivity contribution in [3.05, 3.63) is 0 Å². The first kappa shape index (κ1) is 17.6. The van der Waals surface area contributed by atoms with Gasteiger partial charge in [-0.25, -0.2) is 0 Å². The fraction of sp³-hybridized carbons (Fsp3) is 1.00. The molecule has 15 heavy (non-hydrogen) atoms. The molecule has 0 heterocycles. The summed E-state index contributed by atoms with van der Waals surface area (Å²) in [7, 11) is 0. The molecule has 0 aliphatic carbocycles. The molecule has 0 fully saturated rings. The standard InChI is InChI=1S/C11H25NO2.ClH/c1-8(2)7-9(12)14-11(5,6)10(3,4)13;/h8-9,13H,7,12H2,1-6H3;1H. The molecule has 0 aromatic rings. The second-order valence-electron chi connectivity index (χ2n) is 5.36. The molecule has 0 aliphatic rings. The second-order valence-corrected chi connectivity index (χ2v) is 5.36. The largest absolute Gasteiger partial charge is 0.387 e. The summed E-state index contributed by atoms with van der Waals surface area (Å²) in [6, 6.07) is 0. The van der Waals surface area contributed by atoms with Crippen molar-refractivity contribution in [1.82, 2.24) is 0 Å². The zero-order valence-corrected chi connectivity index (χ0v) is 11.5. The van der Waals surface area contributed by atoms with Gasteiger partial charge in [0.15, 0.2) is 0 Å². The van der Waals surface area contributed by atoms with Crippen molar-refractivity contribution >= 4 is 12.4 Å². The molecule has 94 valence electrons. The summed E-state index contributed by atoms with van der Waals surface area (Å²) in [6.07, 6.45) is 0.496. The number of ether oxygens (including phenoxy) is 1. The molecule has 0 spiro atoms. The van der Waals surface area contributed by atoms with Gasteiger partial charge >= 0.3 is 0 Å². The molecule has 1 atom stereocenters. The third-order valence-electron chi connectivity index (χ3n) is 2.62. The number of rotatable bonds is 5. The predicted molar refractivity (Wildman–Crippen MR) is 66.1 cm³/mol. The number of hydrogen-bond acceptors (Lipinski definition) is 3. The molecule has 0 aliphatic heterocycles. The summed E-state index contributed by atoms with van der Waals surface area (Å²) in [5.41, 5.74) is 4.31. The molecular weight excluding hydrogens is 214 g/mol. The Hall–Kier alpha value is 0.170. The first-order valence-electron chi connectivity index (χ1n) is 5.22. The van der Waals surface area contributed by atoms with Crippen LogP contribution in [-0.2, 0) is 4.74 Å². The van der Waals surface area contributed by atoms with Crippen LogP contribution in [-0.4, -0.2) is 22.5 Å². The van der Waals surface area contributed by atoms with Crippen LogP contribution in [0.25, 0.3) is 0 Å². The van der Waals surface area contributed by atoms with Gasteiger partial charge in [0.2, 0.25) is 0 Å². The number of hydrogen-bond donors (Lipinski definition) is 2. The van der Waals surface area contributed by atoms with E-state index >= 15 is 0 Å². The summed E-state index contributed by atoms with van der Waals surface area (Å²) in [4.78, 5) is 0. The molecule has 0 saturated heterocycles. The van der Waals surface area contributed by atoms with Gasteiger partial charge in [-0.2, -0.15) is 0 Å². The minimum Gasteiger partial charge on any atom is -0.387 e. The van der Waals surface area contributed by atoms with Crippen LogP contribution in [0.15, 0.2) is 0 Å². The lowest BCUT2D eigenvalue weighted by atomic mass is 9.89. The predicted octanol–water partition coefficient (Wildman–Crippen LogP) is 2.31. The number of halogens is 1. The first-order chi connectivity index (χ1) is 6.06. The Labute approximate surface area is 99.8 Å². The van der Waals surface area contributed by atoms with E-state index in [1.807, 2.05) is 13.8 Å². The Morgan fingerprint density at radius 3 is 1.87 bits per heavy atom. The minimum atomic E-state index is -0.887.